The standard InChI is InChI=1S/C21H18FN3O/c1-21(11-2-3-12-21)20-24-19(25-26-20)18-10-9-16(14-23-18)8-7-15-5-4-6-17(22)13-15/h4-6,9-10,13-14H,2-3,11-12H2,1H3. The monoisotopic (exact) mass is 347 g/mol. The van der Waals surface area contributed by atoms with Crippen LogP contribution in [0.2, 0.25) is 0 Å². The van der Waals surface area contributed by atoms with Crippen molar-refractivity contribution in [3.05, 3.63) is 65.4 Å². The molecule has 0 saturated heterocycles. The van der Waals surface area contributed by atoms with Gasteiger partial charge in [0.25, 0.3) is 0 Å². The molecule has 2 heterocycles. The summed E-state index contributed by atoms with van der Waals surface area (Å²) < 4.78 is 18.7. The minimum atomic E-state index is -0.297. The van der Waals surface area contributed by atoms with Gasteiger partial charge in [-0.15, -0.1) is 0 Å². The number of pyridine rings is 1. The maximum atomic E-state index is 13.2. The number of rotatable bonds is 2. The third-order valence-electron chi connectivity index (χ3n) is 4.82. The molecule has 4 nitrogen and oxygen atoms in total. The molecule has 1 saturated carbocycles. The fraction of sp³-hybridized carbons (Fsp3) is 0.286. The zero-order valence-electron chi connectivity index (χ0n) is 14.5. The van der Waals surface area contributed by atoms with Crippen LogP contribution in [0.4, 0.5) is 4.39 Å². The van der Waals surface area contributed by atoms with Crippen LogP contribution in [0.5, 0.6) is 0 Å². The normalized spacial score (nSPS) is 15.5. The van der Waals surface area contributed by atoms with Crippen LogP contribution >= 0.6 is 0 Å². The van der Waals surface area contributed by atoms with Gasteiger partial charge in [0.05, 0.1) is 0 Å². The first-order valence-corrected chi connectivity index (χ1v) is 8.71. The van der Waals surface area contributed by atoms with Gasteiger partial charge in [-0.2, -0.15) is 4.98 Å². The number of hydrogen-bond donors (Lipinski definition) is 0. The van der Waals surface area contributed by atoms with Gasteiger partial charge in [0.15, 0.2) is 0 Å². The summed E-state index contributed by atoms with van der Waals surface area (Å²) in [6.07, 6.45) is 6.22. The largest absolute Gasteiger partial charge is 0.338 e. The van der Waals surface area contributed by atoms with Gasteiger partial charge in [0.2, 0.25) is 11.7 Å². The molecule has 4 rings (SSSR count). The number of nitrogens with zero attached hydrogens (tertiary/aromatic N) is 3. The summed E-state index contributed by atoms with van der Waals surface area (Å²) in [6.45, 7) is 2.18. The van der Waals surface area contributed by atoms with Crippen LogP contribution in [0, 0.1) is 17.7 Å². The Morgan fingerprint density at radius 3 is 2.62 bits per heavy atom. The third-order valence-corrected chi connectivity index (χ3v) is 4.82. The SMILES string of the molecule is CC1(c2nc(-c3ccc(C#Cc4cccc(F)c4)cn3)no2)CCCC1. The van der Waals surface area contributed by atoms with Gasteiger partial charge in [0, 0.05) is 22.7 Å². The van der Waals surface area contributed by atoms with Gasteiger partial charge in [0.1, 0.15) is 11.5 Å². The van der Waals surface area contributed by atoms with Gasteiger partial charge >= 0.3 is 0 Å². The second-order valence-electron chi connectivity index (χ2n) is 6.88. The van der Waals surface area contributed by atoms with Crippen molar-refractivity contribution in [2.24, 2.45) is 0 Å². The van der Waals surface area contributed by atoms with Crippen LogP contribution in [-0.4, -0.2) is 15.1 Å². The Labute approximate surface area is 151 Å². The molecule has 1 fully saturated rings. The fourth-order valence-corrected chi connectivity index (χ4v) is 3.25. The third kappa shape index (κ3) is 3.36. The van der Waals surface area contributed by atoms with E-state index in [0.717, 1.165) is 18.4 Å². The number of aromatic nitrogens is 3. The van der Waals surface area contributed by atoms with Crippen LogP contribution in [0.1, 0.15) is 49.6 Å². The van der Waals surface area contributed by atoms with Crippen molar-refractivity contribution >= 4 is 0 Å². The minimum absolute atomic E-state index is 0.0123. The molecule has 0 bridgehead atoms. The maximum Gasteiger partial charge on any atom is 0.232 e. The number of halogens is 1. The smallest absolute Gasteiger partial charge is 0.232 e. The van der Waals surface area contributed by atoms with Crippen molar-refractivity contribution in [3.8, 4) is 23.4 Å². The van der Waals surface area contributed by atoms with Crippen molar-refractivity contribution < 1.29 is 8.91 Å². The van der Waals surface area contributed by atoms with Crippen LogP contribution < -0.4 is 0 Å². The Balaban J connectivity index is 1.53. The summed E-state index contributed by atoms with van der Waals surface area (Å²) in [5.74, 6) is 6.80. The van der Waals surface area contributed by atoms with Crippen LogP contribution in [-0.2, 0) is 5.41 Å². The summed E-state index contributed by atoms with van der Waals surface area (Å²) in [5, 5.41) is 4.08. The molecule has 0 unspecified atom stereocenters. The summed E-state index contributed by atoms with van der Waals surface area (Å²) in [5.41, 5.74) is 2.01. The molecule has 0 spiro atoms. The lowest BCUT2D eigenvalue weighted by Crippen LogP contribution is -2.17. The lowest BCUT2D eigenvalue weighted by atomic mass is 9.89. The first-order chi connectivity index (χ1) is 12.6. The van der Waals surface area contributed by atoms with Gasteiger partial charge in [-0.1, -0.05) is 42.8 Å². The Morgan fingerprint density at radius 2 is 1.88 bits per heavy atom. The van der Waals surface area contributed by atoms with E-state index in [-0.39, 0.29) is 11.2 Å². The van der Waals surface area contributed by atoms with E-state index in [0.29, 0.717) is 23.0 Å². The lowest BCUT2D eigenvalue weighted by Gasteiger charge is -2.16. The number of benzene rings is 1. The Bertz CT molecular complexity index is 976. The van der Waals surface area contributed by atoms with Gasteiger partial charge in [-0.25, -0.2) is 4.39 Å². The summed E-state index contributed by atoms with van der Waals surface area (Å²) >= 11 is 0. The van der Waals surface area contributed by atoms with Gasteiger partial charge in [-0.3, -0.25) is 4.98 Å². The molecule has 0 radical (unpaired) electrons. The van der Waals surface area contributed by atoms with E-state index in [2.05, 4.69) is 33.9 Å². The van der Waals surface area contributed by atoms with Gasteiger partial charge in [-0.05, 0) is 43.2 Å². The molecule has 1 aliphatic carbocycles. The molecule has 2 aromatic heterocycles. The van der Waals surface area contributed by atoms with E-state index in [1.54, 1.807) is 18.3 Å². The lowest BCUT2D eigenvalue weighted by molar-refractivity contribution is 0.296. The quantitative estimate of drug-likeness (QED) is 0.640. The molecule has 5 heteroatoms. The zero-order valence-corrected chi connectivity index (χ0v) is 14.5. The van der Waals surface area contributed by atoms with Gasteiger partial charge < -0.3 is 4.52 Å². The minimum Gasteiger partial charge on any atom is -0.338 e. The fourth-order valence-electron chi connectivity index (χ4n) is 3.25. The summed E-state index contributed by atoms with van der Waals surface area (Å²) in [4.78, 5) is 8.93. The van der Waals surface area contributed by atoms with Crippen LogP contribution in [0.25, 0.3) is 11.5 Å². The second-order valence-corrected chi connectivity index (χ2v) is 6.88. The predicted molar refractivity (Wildman–Crippen MR) is 95.7 cm³/mol. The Kier molecular flexibility index (Phi) is 4.26. The average Bonchev–Trinajstić information content (AvgIpc) is 3.31. The van der Waals surface area contributed by atoms with E-state index < -0.39 is 0 Å². The molecule has 0 atom stereocenters. The number of hydrogen-bond acceptors (Lipinski definition) is 4. The molecule has 0 amide bonds. The average molecular weight is 347 g/mol. The van der Waals surface area contributed by atoms with E-state index >= 15 is 0 Å². The topological polar surface area (TPSA) is 51.8 Å². The van der Waals surface area contributed by atoms with E-state index in [9.17, 15) is 4.39 Å². The maximum absolute atomic E-state index is 13.2. The molecule has 0 aliphatic heterocycles. The summed E-state index contributed by atoms with van der Waals surface area (Å²) in [6, 6.07) is 9.87. The molecule has 0 N–H and O–H groups in total. The molecular weight excluding hydrogens is 329 g/mol. The highest BCUT2D eigenvalue weighted by Gasteiger charge is 2.36. The van der Waals surface area contributed by atoms with Crippen molar-refractivity contribution in [3.63, 3.8) is 0 Å². The molecular formula is C21H18FN3O. The highest BCUT2D eigenvalue weighted by molar-refractivity contribution is 5.51. The first-order valence-electron chi connectivity index (χ1n) is 8.71. The molecule has 1 aromatic carbocycles. The highest BCUT2D eigenvalue weighted by Crippen LogP contribution is 2.40. The molecule has 1 aliphatic rings. The van der Waals surface area contributed by atoms with E-state index in [1.165, 1.54) is 25.0 Å². The van der Waals surface area contributed by atoms with E-state index in [1.807, 2.05) is 12.1 Å². The second kappa shape index (κ2) is 6.72. The Hall–Kier alpha value is -3.00. The van der Waals surface area contributed by atoms with Crippen molar-refractivity contribution in [1.29, 1.82) is 0 Å². The molecule has 130 valence electrons. The molecule has 3 aromatic rings. The molecule has 26 heavy (non-hydrogen) atoms. The zero-order chi connectivity index (χ0) is 18.0. The van der Waals surface area contributed by atoms with Crippen molar-refractivity contribution in [2.75, 3.05) is 0 Å². The van der Waals surface area contributed by atoms with Crippen LogP contribution in [0.15, 0.2) is 47.1 Å². The van der Waals surface area contributed by atoms with E-state index in [4.69, 9.17) is 4.52 Å². The van der Waals surface area contributed by atoms with Crippen LogP contribution in [0.3, 0.4) is 0 Å². The predicted octanol–water partition coefficient (Wildman–Crippen LogP) is 4.50. The Morgan fingerprint density at radius 1 is 1.08 bits per heavy atom. The first kappa shape index (κ1) is 16.5. The van der Waals surface area contributed by atoms with Crippen molar-refractivity contribution in [2.45, 2.75) is 38.0 Å². The highest BCUT2D eigenvalue weighted by atomic mass is 19.1. The van der Waals surface area contributed by atoms with Crippen molar-refractivity contribution in [1.82, 2.24) is 15.1 Å². The summed E-state index contributed by atoms with van der Waals surface area (Å²) in [7, 11) is 0.